The number of nitrogens with one attached hydrogen (secondary N) is 1. The van der Waals surface area contributed by atoms with Crippen LogP contribution in [0, 0.1) is 6.92 Å². The molecular formula is C16H16N2O2. The molecule has 0 fully saturated rings. The second-order valence-electron chi connectivity index (χ2n) is 5.08. The molecule has 2 heterocycles. The maximum absolute atomic E-state index is 12.2. The summed E-state index contributed by atoms with van der Waals surface area (Å²) >= 11 is 0. The highest BCUT2D eigenvalue weighted by Crippen LogP contribution is 2.31. The lowest BCUT2D eigenvalue weighted by atomic mass is 10.1. The molecule has 2 aromatic rings. The predicted octanol–water partition coefficient (Wildman–Crippen LogP) is 2.97. The van der Waals surface area contributed by atoms with Gasteiger partial charge in [0.15, 0.2) is 0 Å². The first-order chi connectivity index (χ1) is 9.63. The minimum absolute atomic E-state index is 0.185. The normalized spacial score (nSPS) is 16.4. The minimum atomic E-state index is -0.185. The molecule has 102 valence electrons. The molecule has 0 aliphatic carbocycles. The number of amides is 1. The quantitative estimate of drug-likeness (QED) is 0.911. The lowest BCUT2D eigenvalue weighted by Crippen LogP contribution is -2.15. The second kappa shape index (κ2) is 4.96. The van der Waals surface area contributed by atoms with Crippen LogP contribution < -0.4 is 10.1 Å². The zero-order valence-corrected chi connectivity index (χ0v) is 11.5. The van der Waals surface area contributed by atoms with Gasteiger partial charge in [0.25, 0.3) is 5.91 Å². The second-order valence-corrected chi connectivity index (χ2v) is 5.08. The molecule has 1 aliphatic heterocycles. The van der Waals surface area contributed by atoms with E-state index in [1.807, 2.05) is 44.2 Å². The average molecular weight is 268 g/mol. The van der Waals surface area contributed by atoms with Gasteiger partial charge in [-0.05, 0) is 49.2 Å². The van der Waals surface area contributed by atoms with Gasteiger partial charge in [-0.1, -0.05) is 6.07 Å². The van der Waals surface area contributed by atoms with Crippen molar-refractivity contribution in [2.24, 2.45) is 0 Å². The van der Waals surface area contributed by atoms with Crippen LogP contribution in [0.1, 0.15) is 28.5 Å². The van der Waals surface area contributed by atoms with Crippen molar-refractivity contribution in [2.45, 2.75) is 26.4 Å². The maximum atomic E-state index is 12.2. The molecule has 0 saturated carbocycles. The summed E-state index contributed by atoms with van der Waals surface area (Å²) in [6, 6.07) is 9.42. The predicted molar refractivity (Wildman–Crippen MR) is 77.2 cm³/mol. The molecule has 1 aliphatic rings. The number of ether oxygens (including phenoxy) is 1. The first kappa shape index (κ1) is 12.7. The van der Waals surface area contributed by atoms with Gasteiger partial charge >= 0.3 is 0 Å². The fourth-order valence-corrected chi connectivity index (χ4v) is 2.41. The molecule has 0 spiro atoms. The number of pyridine rings is 1. The third kappa shape index (κ3) is 2.37. The molecule has 0 radical (unpaired) electrons. The Morgan fingerprint density at radius 2 is 2.25 bits per heavy atom. The first-order valence-electron chi connectivity index (χ1n) is 6.66. The molecule has 20 heavy (non-hydrogen) atoms. The summed E-state index contributed by atoms with van der Waals surface area (Å²) < 4.78 is 5.65. The van der Waals surface area contributed by atoms with Gasteiger partial charge < -0.3 is 10.1 Å². The fourth-order valence-electron chi connectivity index (χ4n) is 2.41. The van der Waals surface area contributed by atoms with Crippen molar-refractivity contribution in [1.29, 1.82) is 0 Å². The Kier molecular flexibility index (Phi) is 3.14. The Morgan fingerprint density at radius 3 is 3.05 bits per heavy atom. The summed E-state index contributed by atoms with van der Waals surface area (Å²) in [6.07, 6.45) is 2.70. The molecule has 1 unspecified atom stereocenters. The highest BCUT2D eigenvalue weighted by atomic mass is 16.5. The van der Waals surface area contributed by atoms with Crippen LogP contribution in [-0.4, -0.2) is 17.0 Å². The van der Waals surface area contributed by atoms with E-state index in [-0.39, 0.29) is 12.0 Å². The van der Waals surface area contributed by atoms with E-state index in [1.165, 1.54) is 0 Å². The number of rotatable bonds is 2. The van der Waals surface area contributed by atoms with Crippen molar-refractivity contribution >= 4 is 11.6 Å². The summed E-state index contributed by atoms with van der Waals surface area (Å²) in [5.74, 6) is 0.722. The molecule has 4 nitrogen and oxygen atoms in total. The third-order valence-electron chi connectivity index (χ3n) is 3.38. The van der Waals surface area contributed by atoms with Gasteiger partial charge in [0, 0.05) is 18.3 Å². The van der Waals surface area contributed by atoms with Crippen LogP contribution in [0.2, 0.25) is 0 Å². The fraction of sp³-hybridized carbons (Fsp3) is 0.250. The number of aryl methyl sites for hydroxylation is 1. The van der Waals surface area contributed by atoms with E-state index in [2.05, 4.69) is 10.3 Å². The number of hydrogen-bond acceptors (Lipinski definition) is 3. The van der Waals surface area contributed by atoms with Crippen molar-refractivity contribution < 1.29 is 9.53 Å². The number of fused-ring (bicyclic) bond motifs is 1. The summed E-state index contributed by atoms with van der Waals surface area (Å²) in [5, 5.41) is 2.89. The van der Waals surface area contributed by atoms with Crippen LogP contribution in [-0.2, 0) is 6.42 Å². The SMILES string of the molecule is Cc1cccnc1C(=O)Nc1ccc2c(c1)CC(C)O2. The monoisotopic (exact) mass is 268 g/mol. The molecule has 1 aromatic carbocycles. The Balaban J connectivity index is 1.81. The standard InChI is InChI=1S/C16H16N2O2/c1-10-4-3-7-17-15(10)16(19)18-13-5-6-14-12(9-13)8-11(2)20-14/h3-7,9,11H,8H2,1-2H3,(H,18,19). The van der Waals surface area contributed by atoms with Gasteiger partial charge in [-0.25, -0.2) is 0 Å². The Morgan fingerprint density at radius 1 is 1.40 bits per heavy atom. The topological polar surface area (TPSA) is 51.2 Å². The van der Waals surface area contributed by atoms with Crippen LogP contribution in [0.5, 0.6) is 5.75 Å². The lowest BCUT2D eigenvalue weighted by Gasteiger charge is -2.08. The van der Waals surface area contributed by atoms with E-state index in [0.717, 1.165) is 29.0 Å². The van der Waals surface area contributed by atoms with Crippen molar-refractivity contribution in [1.82, 2.24) is 4.98 Å². The number of carbonyl (C=O) groups is 1. The Labute approximate surface area is 117 Å². The number of carbonyl (C=O) groups excluding carboxylic acids is 1. The number of benzene rings is 1. The van der Waals surface area contributed by atoms with E-state index in [4.69, 9.17) is 4.74 Å². The number of aromatic nitrogens is 1. The molecule has 1 atom stereocenters. The molecule has 4 heteroatoms. The van der Waals surface area contributed by atoms with Crippen LogP contribution in [0.3, 0.4) is 0 Å². The number of nitrogens with zero attached hydrogens (tertiary/aromatic N) is 1. The highest BCUT2D eigenvalue weighted by molar-refractivity contribution is 6.03. The zero-order chi connectivity index (χ0) is 14.1. The van der Waals surface area contributed by atoms with E-state index in [0.29, 0.717) is 5.69 Å². The van der Waals surface area contributed by atoms with Crippen LogP contribution in [0.25, 0.3) is 0 Å². The van der Waals surface area contributed by atoms with Crippen LogP contribution in [0.4, 0.5) is 5.69 Å². The van der Waals surface area contributed by atoms with Crippen molar-refractivity contribution in [3.63, 3.8) is 0 Å². The average Bonchev–Trinajstić information content (AvgIpc) is 2.78. The minimum Gasteiger partial charge on any atom is -0.490 e. The third-order valence-corrected chi connectivity index (χ3v) is 3.38. The van der Waals surface area contributed by atoms with E-state index >= 15 is 0 Å². The summed E-state index contributed by atoms with van der Waals surface area (Å²) in [7, 11) is 0. The molecule has 0 saturated heterocycles. The van der Waals surface area contributed by atoms with Gasteiger partial charge in [0.2, 0.25) is 0 Å². The molecule has 0 bridgehead atoms. The molecule has 3 rings (SSSR count). The number of hydrogen-bond donors (Lipinski definition) is 1. The van der Waals surface area contributed by atoms with Crippen LogP contribution in [0.15, 0.2) is 36.5 Å². The molecular weight excluding hydrogens is 252 g/mol. The Bertz CT molecular complexity index is 667. The van der Waals surface area contributed by atoms with E-state index < -0.39 is 0 Å². The zero-order valence-electron chi connectivity index (χ0n) is 11.5. The van der Waals surface area contributed by atoms with Gasteiger partial charge in [0.05, 0.1) is 0 Å². The lowest BCUT2D eigenvalue weighted by molar-refractivity contribution is 0.102. The van der Waals surface area contributed by atoms with Crippen LogP contribution >= 0.6 is 0 Å². The largest absolute Gasteiger partial charge is 0.490 e. The van der Waals surface area contributed by atoms with Gasteiger partial charge in [-0.15, -0.1) is 0 Å². The molecule has 1 aromatic heterocycles. The van der Waals surface area contributed by atoms with Crippen molar-refractivity contribution in [3.05, 3.63) is 53.3 Å². The smallest absolute Gasteiger partial charge is 0.274 e. The summed E-state index contributed by atoms with van der Waals surface area (Å²) in [4.78, 5) is 16.3. The van der Waals surface area contributed by atoms with Gasteiger partial charge in [-0.2, -0.15) is 0 Å². The van der Waals surface area contributed by atoms with Gasteiger partial charge in [0.1, 0.15) is 17.5 Å². The van der Waals surface area contributed by atoms with E-state index in [9.17, 15) is 4.79 Å². The maximum Gasteiger partial charge on any atom is 0.274 e. The first-order valence-corrected chi connectivity index (χ1v) is 6.66. The number of anilines is 1. The highest BCUT2D eigenvalue weighted by Gasteiger charge is 2.19. The van der Waals surface area contributed by atoms with E-state index in [1.54, 1.807) is 6.20 Å². The van der Waals surface area contributed by atoms with Crippen molar-refractivity contribution in [2.75, 3.05) is 5.32 Å². The summed E-state index contributed by atoms with van der Waals surface area (Å²) in [6.45, 7) is 3.91. The summed E-state index contributed by atoms with van der Waals surface area (Å²) in [5.41, 5.74) is 3.23. The Hall–Kier alpha value is -2.36. The van der Waals surface area contributed by atoms with Gasteiger partial charge in [-0.3, -0.25) is 9.78 Å². The molecule has 1 N–H and O–H groups in total. The van der Waals surface area contributed by atoms with Crippen molar-refractivity contribution in [3.8, 4) is 5.75 Å². The molecule has 1 amide bonds.